The molecule has 5 heterocycles. The molecule has 0 radical (unpaired) electrons. The second-order valence-electron chi connectivity index (χ2n) is 7.62. The lowest BCUT2D eigenvalue weighted by atomic mass is 10.1. The van der Waals surface area contributed by atoms with Crippen LogP contribution in [0.4, 0.5) is 5.69 Å². The number of rotatable bonds is 6. The quantitative estimate of drug-likeness (QED) is 0.420. The summed E-state index contributed by atoms with van der Waals surface area (Å²) in [6, 6.07) is 8.52. The number of nitrogens with zero attached hydrogens (tertiary/aromatic N) is 5. The molecular weight excluding hydrogens is 478 g/mol. The van der Waals surface area contributed by atoms with Crippen LogP contribution in [0.3, 0.4) is 0 Å². The number of hydrogen-bond acceptors (Lipinski definition) is 7. The van der Waals surface area contributed by atoms with Crippen LogP contribution in [-0.2, 0) is 0 Å². The van der Waals surface area contributed by atoms with Crippen LogP contribution in [0.1, 0.15) is 26.5 Å². The predicted octanol–water partition coefficient (Wildman–Crippen LogP) is 2.98. The number of nitrogens with one attached hydrogen (secondary N) is 2. The normalized spacial score (nSPS) is 13.5. The number of aromatic nitrogens is 5. The Morgan fingerprint density at radius 3 is 2.74 bits per heavy atom. The topological polar surface area (TPSA) is 115 Å². The van der Waals surface area contributed by atoms with Crippen molar-refractivity contribution in [2.45, 2.75) is 13.0 Å². The van der Waals surface area contributed by atoms with Crippen molar-refractivity contribution < 1.29 is 14.3 Å². The van der Waals surface area contributed by atoms with E-state index in [1.165, 1.54) is 16.2 Å². The molecule has 174 valence electrons. The van der Waals surface area contributed by atoms with Crippen molar-refractivity contribution in [3.05, 3.63) is 64.7 Å². The minimum atomic E-state index is -0.508. The molecule has 0 bridgehead atoms. The molecule has 4 aromatic rings. The number of halogens is 1. The Morgan fingerprint density at radius 1 is 1.21 bits per heavy atom. The van der Waals surface area contributed by atoms with Crippen molar-refractivity contribution in [2.75, 3.05) is 23.9 Å². The van der Waals surface area contributed by atoms with Gasteiger partial charge in [-0.2, -0.15) is 16.9 Å². The van der Waals surface area contributed by atoms with E-state index in [2.05, 4.69) is 25.8 Å². The SMILES string of the molecule is CNC(=O)c1c(NC(=O)c2cc(OC3CSC3)nn2-c2ncccc2Cl)c(C)cc2ccnn12. The molecule has 0 aromatic carbocycles. The van der Waals surface area contributed by atoms with Crippen LogP contribution in [0.25, 0.3) is 11.3 Å². The molecule has 1 aliphatic heterocycles. The van der Waals surface area contributed by atoms with Gasteiger partial charge < -0.3 is 15.4 Å². The summed E-state index contributed by atoms with van der Waals surface area (Å²) in [7, 11) is 1.52. The Bertz CT molecular complexity index is 1410. The third-order valence-electron chi connectivity index (χ3n) is 5.31. The zero-order valence-electron chi connectivity index (χ0n) is 18.3. The summed E-state index contributed by atoms with van der Waals surface area (Å²) in [5.41, 5.74) is 2.13. The van der Waals surface area contributed by atoms with Crippen molar-refractivity contribution >= 4 is 46.4 Å². The number of aryl methyl sites for hydroxylation is 1. The van der Waals surface area contributed by atoms with E-state index in [-0.39, 0.29) is 29.2 Å². The van der Waals surface area contributed by atoms with E-state index in [4.69, 9.17) is 16.3 Å². The van der Waals surface area contributed by atoms with E-state index >= 15 is 0 Å². The molecule has 1 aliphatic rings. The number of thioether (sulfide) groups is 1. The summed E-state index contributed by atoms with van der Waals surface area (Å²) in [5.74, 6) is 1.40. The number of ether oxygens (including phenoxy) is 1. The summed E-state index contributed by atoms with van der Waals surface area (Å²) in [5, 5.41) is 14.5. The van der Waals surface area contributed by atoms with Gasteiger partial charge in [0.05, 0.1) is 22.4 Å². The van der Waals surface area contributed by atoms with Gasteiger partial charge in [0, 0.05) is 30.8 Å². The first kappa shape index (κ1) is 22.2. The Balaban J connectivity index is 1.58. The lowest BCUT2D eigenvalue weighted by Crippen LogP contribution is -2.31. The van der Waals surface area contributed by atoms with Gasteiger partial charge in [0.1, 0.15) is 11.8 Å². The van der Waals surface area contributed by atoms with Crippen molar-refractivity contribution in [3.8, 4) is 11.7 Å². The van der Waals surface area contributed by atoms with Gasteiger partial charge >= 0.3 is 0 Å². The first-order chi connectivity index (χ1) is 16.5. The van der Waals surface area contributed by atoms with Crippen LogP contribution in [0.15, 0.2) is 42.7 Å². The van der Waals surface area contributed by atoms with Gasteiger partial charge in [-0.15, -0.1) is 5.10 Å². The van der Waals surface area contributed by atoms with E-state index in [0.29, 0.717) is 22.2 Å². The molecule has 0 unspecified atom stereocenters. The molecule has 1 fully saturated rings. The Kier molecular flexibility index (Phi) is 5.88. The smallest absolute Gasteiger partial charge is 0.274 e. The number of amides is 2. The van der Waals surface area contributed by atoms with Crippen molar-refractivity contribution in [2.24, 2.45) is 0 Å². The minimum Gasteiger partial charge on any atom is -0.472 e. The molecule has 0 atom stereocenters. The highest BCUT2D eigenvalue weighted by Gasteiger charge is 2.27. The number of hydrogen-bond donors (Lipinski definition) is 2. The number of anilines is 1. The van der Waals surface area contributed by atoms with Gasteiger partial charge in [0.25, 0.3) is 11.8 Å². The Morgan fingerprint density at radius 2 is 2.03 bits per heavy atom. The van der Waals surface area contributed by atoms with Gasteiger partial charge in [-0.1, -0.05) is 11.6 Å². The molecule has 0 saturated carbocycles. The van der Waals surface area contributed by atoms with Crippen molar-refractivity contribution in [1.29, 1.82) is 0 Å². The summed E-state index contributed by atoms with van der Waals surface area (Å²) >= 11 is 8.12. The Hall–Kier alpha value is -3.57. The van der Waals surface area contributed by atoms with Gasteiger partial charge in [-0.05, 0) is 36.8 Å². The van der Waals surface area contributed by atoms with E-state index in [1.807, 2.05) is 13.0 Å². The second kappa shape index (κ2) is 8.99. The lowest BCUT2D eigenvalue weighted by Gasteiger charge is -2.24. The fourth-order valence-corrected chi connectivity index (χ4v) is 4.35. The van der Waals surface area contributed by atoms with Gasteiger partial charge in [-0.25, -0.2) is 14.2 Å². The molecule has 12 heteroatoms. The molecule has 4 aromatic heterocycles. The molecule has 0 spiro atoms. The number of carbonyl (C=O) groups excluding carboxylic acids is 2. The molecule has 2 amide bonds. The number of pyridine rings is 2. The third-order valence-corrected chi connectivity index (χ3v) is 6.82. The van der Waals surface area contributed by atoms with Crippen molar-refractivity contribution in [3.63, 3.8) is 0 Å². The highest BCUT2D eigenvalue weighted by molar-refractivity contribution is 8.00. The predicted molar refractivity (Wildman–Crippen MR) is 129 cm³/mol. The largest absolute Gasteiger partial charge is 0.472 e. The zero-order chi connectivity index (χ0) is 23.8. The third kappa shape index (κ3) is 3.97. The first-order valence-electron chi connectivity index (χ1n) is 10.4. The van der Waals surface area contributed by atoms with Crippen LogP contribution in [-0.4, -0.2) is 60.9 Å². The standard InChI is InChI=1S/C22H20ClN7O3S/c1-12-8-13-5-7-26-29(13)19(22(32)24-2)18(12)27-21(31)16-9-17(33-14-10-34-11-14)28-30(16)20-15(23)4-3-6-25-20/h3-9,14H,10-11H2,1-2H3,(H,24,32)(H,27,31). The zero-order valence-corrected chi connectivity index (χ0v) is 19.9. The van der Waals surface area contributed by atoms with E-state index < -0.39 is 5.91 Å². The maximum absolute atomic E-state index is 13.5. The molecule has 5 rings (SSSR count). The summed E-state index contributed by atoms with van der Waals surface area (Å²) < 4.78 is 8.73. The van der Waals surface area contributed by atoms with Gasteiger partial charge in [-0.3, -0.25) is 9.59 Å². The maximum atomic E-state index is 13.5. The Labute approximate surface area is 203 Å². The highest BCUT2D eigenvalue weighted by Crippen LogP contribution is 2.28. The monoisotopic (exact) mass is 497 g/mol. The van der Waals surface area contributed by atoms with Crippen LogP contribution < -0.4 is 15.4 Å². The van der Waals surface area contributed by atoms with E-state index in [1.54, 1.807) is 48.4 Å². The van der Waals surface area contributed by atoms with Crippen LogP contribution in [0.2, 0.25) is 5.02 Å². The second-order valence-corrected chi connectivity index (χ2v) is 9.10. The van der Waals surface area contributed by atoms with Crippen molar-refractivity contribution in [1.82, 2.24) is 29.7 Å². The van der Waals surface area contributed by atoms with Crippen LogP contribution >= 0.6 is 23.4 Å². The van der Waals surface area contributed by atoms with E-state index in [9.17, 15) is 9.59 Å². The molecule has 34 heavy (non-hydrogen) atoms. The minimum absolute atomic E-state index is 0.0350. The summed E-state index contributed by atoms with van der Waals surface area (Å²) in [6.07, 6.45) is 3.19. The van der Waals surface area contributed by atoms with E-state index in [0.717, 1.165) is 17.0 Å². The van der Waals surface area contributed by atoms with Crippen LogP contribution in [0, 0.1) is 6.92 Å². The maximum Gasteiger partial charge on any atom is 0.274 e. The fourth-order valence-electron chi connectivity index (χ4n) is 3.59. The molecule has 2 N–H and O–H groups in total. The number of carbonyl (C=O) groups is 2. The fraction of sp³-hybridized carbons (Fsp3) is 0.227. The molecule has 1 saturated heterocycles. The lowest BCUT2D eigenvalue weighted by molar-refractivity contribution is 0.0956. The summed E-state index contributed by atoms with van der Waals surface area (Å²) in [6.45, 7) is 1.81. The molecule has 0 aliphatic carbocycles. The van der Waals surface area contributed by atoms with Gasteiger partial charge in [0.15, 0.2) is 11.5 Å². The molecular formula is C22H20ClN7O3S. The average Bonchev–Trinajstić information content (AvgIpc) is 3.43. The number of fused-ring (bicyclic) bond motifs is 1. The highest BCUT2D eigenvalue weighted by atomic mass is 35.5. The summed E-state index contributed by atoms with van der Waals surface area (Å²) in [4.78, 5) is 30.5. The van der Waals surface area contributed by atoms with Gasteiger partial charge in [0.2, 0.25) is 5.88 Å². The first-order valence-corrected chi connectivity index (χ1v) is 12.0. The van der Waals surface area contributed by atoms with Crippen LogP contribution in [0.5, 0.6) is 5.88 Å². The average molecular weight is 498 g/mol. The molecule has 10 nitrogen and oxygen atoms in total.